The van der Waals surface area contributed by atoms with E-state index in [-0.39, 0.29) is 6.07 Å². The highest BCUT2D eigenvalue weighted by molar-refractivity contribution is 6.18. The van der Waals surface area contributed by atoms with Crippen LogP contribution in [0, 0.1) is 0 Å². The first-order valence-corrected chi connectivity index (χ1v) is 4.79. The first kappa shape index (κ1) is 16.3. The van der Waals surface area contributed by atoms with Gasteiger partial charge in [-0.15, -0.1) is 0 Å². The lowest BCUT2D eigenvalue weighted by atomic mass is 9.92. The van der Waals surface area contributed by atoms with Crippen LogP contribution in [0.1, 0.15) is 51.8 Å². The van der Waals surface area contributed by atoms with Gasteiger partial charge in [0.05, 0.1) is 27.8 Å². The van der Waals surface area contributed by atoms with E-state index in [0.717, 1.165) is 0 Å². The Morgan fingerprint density at radius 3 is 1.00 bits per heavy atom. The molecule has 0 atom stereocenters. The molecule has 0 aliphatic heterocycles. The fraction of sp³-hybridized carbons (Fsp3) is 0. The molecule has 1 aromatic carbocycles. The number of carbonyl (C=O) groups excluding carboxylic acids is 5. The molecule has 5 nitrogen and oxygen atoms in total. The predicted molar refractivity (Wildman–Crippen MR) is 53.6 cm³/mol. The maximum absolute atomic E-state index is 12.8. The highest BCUT2D eigenvalue weighted by Crippen LogP contribution is 2.28. The molecule has 1 rings (SSSR count). The first-order valence-electron chi connectivity index (χ1n) is 4.79. The Bertz CT molecular complexity index is 659. The van der Waals surface area contributed by atoms with Crippen LogP contribution in [0.4, 0.5) is 22.0 Å². The zero-order valence-electron chi connectivity index (χ0n) is 9.51. The molecule has 21 heavy (non-hydrogen) atoms. The van der Waals surface area contributed by atoms with Gasteiger partial charge in [0.2, 0.25) is 0 Å². The molecule has 110 valence electrons. The third kappa shape index (κ3) is 2.88. The van der Waals surface area contributed by atoms with Gasteiger partial charge in [-0.3, -0.25) is 24.0 Å². The first-order chi connectivity index (χ1) is 9.59. The molecule has 0 aliphatic carbocycles. The number of benzene rings is 1. The van der Waals surface area contributed by atoms with Crippen LogP contribution < -0.4 is 0 Å². The van der Waals surface area contributed by atoms with Crippen molar-refractivity contribution < 1.29 is 45.9 Å². The Hall–Kier alpha value is -2.78. The fourth-order valence-corrected chi connectivity index (χ4v) is 1.60. The van der Waals surface area contributed by atoms with E-state index in [9.17, 15) is 45.9 Å². The maximum atomic E-state index is 12.8. The van der Waals surface area contributed by atoms with E-state index in [1.165, 1.54) is 0 Å². The monoisotopic (exact) mass is 308 g/mol. The van der Waals surface area contributed by atoms with Crippen molar-refractivity contribution in [3.8, 4) is 0 Å². The van der Waals surface area contributed by atoms with Crippen molar-refractivity contribution in [3.05, 3.63) is 33.9 Å². The highest BCUT2D eigenvalue weighted by atomic mass is 19.2. The smallest absolute Gasteiger partial charge is 0.255 e. The Morgan fingerprint density at radius 2 is 0.810 bits per heavy atom. The summed E-state index contributed by atoms with van der Waals surface area (Å²) in [5.41, 5.74) is -9.27. The summed E-state index contributed by atoms with van der Waals surface area (Å²) in [5, 5.41) is 0. The number of carbonyl (C=O) groups is 5. The fourth-order valence-electron chi connectivity index (χ4n) is 1.60. The van der Waals surface area contributed by atoms with Crippen LogP contribution in [-0.4, -0.2) is 30.2 Å². The molecule has 0 fully saturated rings. The van der Waals surface area contributed by atoms with Crippen LogP contribution in [0.3, 0.4) is 0 Å². The summed E-state index contributed by atoms with van der Waals surface area (Å²) in [5.74, 6) is 0. The average Bonchev–Trinajstić information content (AvgIpc) is 2.34. The summed E-state index contributed by atoms with van der Waals surface area (Å²) in [6, 6.07) is -13.8. The topological polar surface area (TPSA) is 85.3 Å². The zero-order valence-corrected chi connectivity index (χ0v) is 9.51. The lowest BCUT2D eigenvalue weighted by Crippen LogP contribution is -2.18. The highest BCUT2D eigenvalue weighted by Gasteiger charge is 2.34. The van der Waals surface area contributed by atoms with Gasteiger partial charge in [-0.1, -0.05) is 0 Å². The summed E-state index contributed by atoms with van der Waals surface area (Å²) in [4.78, 5) is 53.1. The molecule has 0 radical (unpaired) electrons. The summed E-state index contributed by atoms with van der Waals surface area (Å²) in [7, 11) is 0. The van der Waals surface area contributed by atoms with Gasteiger partial charge in [-0.05, 0) is 6.07 Å². The number of rotatable bonds is 5. The third-order valence-corrected chi connectivity index (χ3v) is 2.34. The number of halogens is 5. The second-order valence-corrected chi connectivity index (χ2v) is 3.47. The molecule has 1 aromatic rings. The van der Waals surface area contributed by atoms with Gasteiger partial charge in [0.1, 0.15) is 0 Å². The van der Waals surface area contributed by atoms with E-state index in [1.807, 2.05) is 0 Å². The van der Waals surface area contributed by atoms with Gasteiger partial charge in [0, 0.05) is 0 Å². The van der Waals surface area contributed by atoms with Gasteiger partial charge in [-0.2, -0.15) is 22.0 Å². The molecule has 0 spiro atoms. The normalized spacial score (nSPS) is 10.1. The molecule has 0 amide bonds. The predicted octanol–water partition coefficient (Wildman–Crippen LogP) is 2.24. The largest absolute Gasteiger partial charge is 0.333 e. The number of hydrogen-bond acceptors (Lipinski definition) is 5. The lowest BCUT2D eigenvalue weighted by Gasteiger charge is -2.10. The Kier molecular flexibility index (Phi) is 4.41. The summed E-state index contributed by atoms with van der Waals surface area (Å²) < 4.78 is 63.7. The van der Waals surface area contributed by atoms with Gasteiger partial charge in [0.25, 0.3) is 0 Å². The average molecular weight is 308 g/mol. The zero-order chi connectivity index (χ0) is 16.5. The van der Waals surface area contributed by atoms with E-state index in [1.54, 1.807) is 0 Å². The van der Waals surface area contributed by atoms with Crippen molar-refractivity contribution in [1.82, 2.24) is 0 Å². The Balaban J connectivity index is 4.13. The van der Waals surface area contributed by atoms with Crippen LogP contribution >= 0.6 is 0 Å². The van der Waals surface area contributed by atoms with Crippen molar-refractivity contribution >= 4 is 30.2 Å². The molecule has 10 heteroatoms. The van der Waals surface area contributed by atoms with Crippen LogP contribution in [0.25, 0.3) is 0 Å². The minimum atomic E-state index is -2.84. The maximum Gasteiger partial charge on any atom is 0.333 e. The van der Waals surface area contributed by atoms with E-state index >= 15 is 0 Å². The molecule has 0 heterocycles. The van der Waals surface area contributed by atoms with E-state index in [2.05, 4.69) is 0 Å². The van der Waals surface area contributed by atoms with E-state index in [4.69, 9.17) is 0 Å². The van der Waals surface area contributed by atoms with Gasteiger partial charge in [-0.25, -0.2) is 0 Å². The summed E-state index contributed by atoms with van der Waals surface area (Å²) in [6.07, 6.45) is 0. The molecule has 0 aliphatic rings. The van der Waals surface area contributed by atoms with Crippen LogP contribution in [0.5, 0.6) is 0 Å². The number of hydrogen-bond donors (Lipinski definition) is 0. The van der Waals surface area contributed by atoms with Crippen LogP contribution in [0.2, 0.25) is 0 Å². The van der Waals surface area contributed by atoms with Crippen molar-refractivity contribution in [1.29, 1.82) is 0 Å². The second kappa shape index (κ2) is 5.69. The SMILES string of the molecule is O=C(F)c1cc(C(=O)F)c(C(=O)F)c(C(=O)F)c1C(=O)F. The van der Waals surface area contributed by atoms with Crippen molar-refractivity contribution in [2.75, 3.05) is 0 Å². The summed E-state index contributed by atoms with van der Waals surface area (Å²) in [6.45, 7) is 0. The quantitative estimate of drug-likeness (QED) is 0.615. The van der Waals surface area contributed by atoms with E-state index < -0.39 is 58.0 Å². The molecule has 0 aromatic heterocycles. The third-order valence-electron chi connectivity index (χ3n) is 2.34. The molecule has 0 N–H and O–H groups in total. The Labute approximate surface area is 111 Å². The van der Waals surface area contributed by atoms with Crippen LogP contribution in [0.15, 0.2) is 6.07 Å². The van der Waals surface area contributed by atoms with Crippen LogP contribution in [-0.2, 0) is 0 Å². The van der Waals surface area contributed by atoms with Crippen molar-refractivity contribution in [2.45, 2.75) is 0 Å². The Morgan fingerprint density at radius 1 is 0.524 bits per heavy atom. The standard InChI is InChI=1S/C11HF5O5/c12-7(17)2-1-3(8(13)18)5(10(15)20)6(11(16)21)4(2)9(14)19/h1H. The van der Waals surface area contributed by atoms with Gasteiger partial charge >= 0.3 is 30.2 Å². The molecule has 0 bridgehead atoms. The molecule has 0 saturated heterocycles. The minimum absolute atomic E-state index is 0.170. The van der Waals surface area contributed by atoms with Gasteiger partial charge in [0.15, 0.2) is 0 Å². The minimum Gasteiger partial charge on any atom is -0.255 e. The van der Waals surface area contributed by atoms with Crippen molar-refractivity contribution in [2.24, 2.45) is 0 Å². The molecule has 0 unspecified atom stereocenters. The second-order valence-electron chi connectivity index (χ2n) is 3.47. The van der Waals surface area contributed by atoms with Crippen molar-refractivity contribution in [3.63, 3.8) is 0 Å². The molecular weight excluding hydrogens is 307 g/mol. The van der Waals surface area contributed by atoms with E-state index in [0.29, 0.717) is 0 Å². The molecular formula is C11HF5O5. The lowest BCUT2D eigenvalue weighted by molar-refractivity contribution is 0.0759. The summed E-state index contributed by atoms with van der Waals surface area (Å²) >= 11 is 0. The van der Waals surface area contributed by atoms with Gasteiger partial charge < -0.3 is 0 Å². The molecule has 0 saturated carbocycles.